The lowest BCUT2D eigenvalue weighted by atomic mass is 10.3. The van der Waals surface area contributed by atoms with E-state index >= 15 is 0 Å². The van der Waals surface area contributed by atoms with Gasteiger partial charge in [0.2, 0.25) is 0 Å². The fraction of sp³-hybridized carbons (Fsp3) is 0.278. The SMILES string of the molecule is CC.N#Cc1ccc2n1CCN(C(=O)c1nc3c(Cl)cccc3[nH]1)C2. The summed E-state index contributed by atoms with van der Waals surface area (Å²) >= 11 is 6.11. The molecule has 0 saturated carbocycles. The molecule has 128 valence electrons. The first-order valence-electron chi connectivity index (χ1n) is 8.19. The van der Waals surface area contributed by atoms with Gasteiger partial charge in [-0.25, -0.2) is 4.98 Å². The topological polar surface area (TPSA) is 77.7 Å². The average Bonchev–Trinajstić information content (AvgIpc) is 3.27. The number of fused-ring (bicyclic) bond motifs is 2. The summed E-state index contributed by atoms with van der Waals surface area (Å²) in [6.45, 7) is 5.61. The highest BCUT2D eigenvalue weighted by atomic mass is 35.5. The summed E-state index contributed by atoms with van der Waals surface area (Å²) in [7, 11) is 0. The van der Waals surface area contributed by atoms with E-state index in [-0.39, 0.29) is 11.7 Å². The molecule has 6 nitrogen and oxygen atoms in total. The Kier molecular flexibility index (Phi) is 4.77. The second kappa shape index (κ2) is 6.99. The van der Waals surface area contributed by atoms with Gasteiger partial charge in [0.25, 0.3) is 5.91 Å². The van der Waals surface area contributed by atoms with Gasteiger partial charge in [0, 0.05) is 18.8 Å². The number of hydrogen-bond acceptors (Lipinski definition) is 3. The van der Waals surface area contributed by atoms with Crippen molar-refractivity contribution < 1.29 is 4.79 Å². The third-order valence-corrected chi connectivity index (χ3v) is 4.39. The summed E-state index contributed by atoms with van der Waals surface area (Å²) in [6, 6.07) is 11.2. The van der Waals surface area contributed by atoms with Gasteiger partial charge >= 0.3 is 0 Å². The first-order valence-corrected chi connectivity index (χ1v) is 8.57. The summed E-state index contributed by atoms with van der Waals surface area (Å²) in [5.74, 6) is 0.122. The molecule has 25 heavy (non-hydrogen) atoms. The van der Waals surface area contributed by atoms with Crippen LogP contribution >= 0.6 is 11.6 Å². The zero-order chi connectivity index (χ0) is 18.0. The van der Waals surface area contributed by atoms with Gasteiger partial charge in [0.05, 0.1) is 17.1 Å². The van der Waals surface area contributed by atoms with Crippen molar-refractivity contribution in [3.8, 4) is 6.07 Å². The molecule has 0 atom stereocenters. The summed E-state index contributed by atoms with van der Waals surface area (Å²) < 4.78 is 1.94. The van der Waals surface area contributed by atoms with Crippen LogP contribution < -0.4 is 0 Å². The molecule has 0 fully saturated rings. The molecule has 3 aromatic rings. The molecule has 1 aliphatic heterocycles. The lowest BCUT2D eigenvalue weighted by Gasteiger charge is -2.28. The summed E-state index contributed by atoms with van der Waals surface area (Å²) in [4.78, 5) is 21.8. The number of amides is 1. The maximum Gasteiger partial charge on any atom is 0.290 e. The minimum atomic E-state index is -0.164. The number of nitrogens with zero attached hydrogens (tertiary/aromatic N) is 4. The molecule has 0 aliphatic carbocycles. The van der Waals surface area contributed by atoms with Crippen LogP contribution in [0.5, 0.6) is 0 Å². The number of imidazole rings is 1. The van der Waals surface area contributed by atoms with Crippen molar-refractivity contribution in [1.82, 2.24) is 19.4 Å². The molecule has 7 heteroatoms. The van der Waals surface area contributed by atoms with E-state index in [0.29, 0.717) is 35.9 Å². The number of nitriles is 1. The Labute approximate surface area is 150 Å². The summed E-state index contributed by atoms with van der Waals surface area (Å²) in [5, 5.41) is 9.58. The fourth-order valence-electron chi connectivity index (χ4n) is 2.93. The maximum atomic E-state index is 12.7. The van der Waals surface area contributed by atoms with Gasteiger partial charge in [-0.1, -0.05) is 31.5 Å². The van der Waals surface area contributed by atoms with E-state index < -0.39 is 0 Å². The minimum absolute atomic E-state index is 0.164. The number of carbonyl (C=O) groups excluding carboxylic acids is 1. The monoisotopic (exact) mass is 355 g/mol. The number of aromatic amines is 1. The number of benzene rings is 1. The Morgan fingerprint density at radius 1 is 1.28 bits per heavy atom. The molecule has 1 aromatic carbocycles. The quantitative estimate of drug-likeness (QED) is 0.724. The second-order valence-corrected chi connectivity index (χ2v) is 5.83. The van der Waals surface area contributed by atoms with Crippen molar-refractivity contribution in [2.24, 2.45) is 0 Å². The van der Waals surface area contributed by atoms with Gasteiger partial charge in [-0.15, -0.1) is 0 Å². The normalized spacial score (nSPS) is 13.0. The zero-order valence-corrected chi connectivity index (χ0v) is 14.8. The van der Waals surface area contributed by atoms with Crippen LogP contribution in [-0.4, -0.2) is 31.9 Å². The smallest absolute Gasteiger partial charge is 0.290 e. The fourth-order valence-corrected chi connectivity index (χ4v) is 3.14. The van der Waals surface area contributed by atoms with Crippen LogP contribution in [0.1, 0.15) is 35.9 Å². The highest BCUT2D eigenvalue weighted by Crippen LogP contribution is 2.23. The molecule has 3 heterocycles. The lowest BCUT2D eigenvalue weighted by Crippen LogP contribution is -2.38. The van der Waals surface area contributed by atoms with Gasteiger partial charge in [-0.05, 0) is 24.3 Å². The highest BCUT2D eigenvalue weighted by molar-refractivity contribution is 6.35. The molecule has 1 amide bonds. The van der Waals surface area contributed by atoms with E-state index in [1.165, 1.54) is 0 Å². The van der Waals surface area contributed by atoms with Crippen molar-refractivity contribution in [1.29, 1.82) is 5.26 Å². The first-order chi connectivity index (χ1) is 12.2. The van der Waals surface area contributed by atoms with Crippen molar-refractivity contribution in [2.75, 3.05) is 6.54 Å². The van der Waals surface area contributed by atoms with Gasteiger partial charge in [0.15, 0.2) is 5.82 Å². The van der Waals surface area contributed by atoms with Gasteiger partial charge in [0.1, 0.15) is 17.3 Å². The Hall–Kier alpha value is -2.78. The molecule has 0 bridgehead atoms. The second-order valence-electron chi connectivity index (χ2n) is 5.42. The average molecular weight is 356 g/mol. The van der Waals surface area contributed by atoms with Gasteiger partial charge < -0.3 is 14.5 Å². The largest absolute Gasteiger partial charge is 0.334 e. The van der Waals surface area contributed by atoms with Crippen LogP contribution in [0.25, 0.3) is 11.0 Å². The molecule has 1 N–H and O–H groups in total. The summed E-state index contributed by atoms with van der Waals surface area (Å²) in [6.07, 6.45) is 0. The Bertz CT molecular complexity index is 966. The summed E-state index contributed by atoms with van der Waals surface area (Å²) in [5.41, 5.74) is 2.93. The lowest BCUT2D eigenvalue weighted by molar-refractivity contribution is 0.0700. The number of aromatic nitrogens is 3. The number of para-hydroxylation sites is 1. The molecule has 0 saturated heterocycles. The van der Waals surface area contributed by atoms with E-state index in [1.54, 1.807) is 17.0 Å². The molecule has 0 unspecified atom stereocenters. The molecular formula is C18H18ClN5O. The number of carbonyl (C=O) groups is 1. The molecular weight excluding hydrogens is 338 g/mol. The van der Waals surface area contributed by atoms with E-state index in [4.69, 9.17) is 16.9 Å². The van der Waals surface area contributed by atoms with Gasteiger partial charge in [-0.3, -0.25) is 4.79 Å². The number of rotatable bonds is 1. The van der Waals surface area contributed by atoms with E-state index in [9.17, 15) is 4.79 Å². The Morgan fingerprint density at radius 2 is 2.08 bits per heavy atom. The molecule has 1 aliphatic rings. The molecule has 2 aromatic heterocycles. The molecule has 4 rings (SSSR count). The number of hydrogen-bond donors (Lipinski definition) is 1. The van der Waals surface area contributed by atoms with Crippen LogP contribution in [0.2, 0.25) is 5.02 Å². The molecule has 0 spiro atoms. The minimum Gasteiger partial charge on any atom is -0.334 e. The van der Waals surface area contributed by atoms with Crippen LogP contribution in [0.3, 0.4) is 0 Å². The van der Waals surface area contributed by atoms with Crippen molar-refractivity contribution in [2.45, 2.75) is 26.9 Å². The van der Waals surface area contributed by atoms with Crippen molar-refractivity contribution in [3.63, 3.8) is 0 Å². The van der Waals surface area contributed by atoms with E-state index in [0.717, 1.165) is 11.2 Å². The van der Waals surface area contributed by atoms with Crippen LogP contribution in [-0.2, 0) is 13.1 Å². The van der Waals surface area contributed by atoms with Crippen LogP contribution in [0.15, 0.2) is 30.3 Å². The highest BCUT2D eigenvalue weighted by Gasteiger charge is 2.25. The number of nitrogens with one attached hydrogen (secondary N) is 1. The third-order valence-electron chi connectivity index (χ3n) is 4.09. The predicted molar refractivity (Wildman–Crippen MR) is 96.3 cm³/mol. The Morgan fingerprint density at radius 3 is 2.80 bits per heavy atom. The van der Waals surface area contributed by atoms with Gasteiger partial charge in [-0.2, -0.15) is 5.26 Å². The van der Waals surface area contributed by atoms with Crippen molar-refractivity contribution in [3.05, 3.63) is 52.6 Å². The Balaban J connectivity index is 0.000000880. The van der Waals surface area contributed by atoms with Crippen molar-refractivity contribution >= 4 is 28.5 Å². The van der Waals surface area contributed by atoms with Crippen LogP contribution in [0, 0.1) is 11.3 Å². The third kappa shape index (κ3) is 2.99. The first kappa shape index (κ1) is 17.1. The number of halogens is 1. The van der Waals surface area contributed by atoms with E-state index in [1.807, 2.05) is 36.6 Å². The van der Waals surface area contributed by atoms with E-state index in [2.05, 4.69) is 16.0 Å². The zero-order valence-electron chi connectivity index (χ0n) is 14.1. The molecule has 0 radical (unpaired) electrons. The number of H-pyrrole nitrogens is 1. The maximum absolute atomic E-state index is 12.7. The predicted octanol–water partition coefficient (Wildman–Crippen LogP) is 3.57. The van der Waals surface area contributed by atoms with Crippen LogP contribution in [0.4, 0.5) is 0 Å². The standard InChI is InChI=1S/C16H12ClN5O.C2H6/c17-12-2-1-3-13-14(12)20-15(19-13)16(23)21-6-7-22-10(8-18)4-5-11(22)9-21;1-2/h1-5H,6-7,9H2,(H,19,20);1-2H3.